The number of nitrogens with zero attached hydrogens (tertiary/aromatic N) is 2. The van der Waals surface area contributed by atoms with Crippen LogP contribution in [0.1, 0.15) is 56.2 Å². The summed E-state index contributed by atoms with van der Waals surface area (Å²) in [6.45, 7) is 4.08. The number of benzene rings is 1. The van der Waals surface area contributed by atoms with Gasteiger partial charge in [0.15, 0.2) is 0 Å². The number of aryl methyl sites for hydroxylation is 2. The van der Waals surface area contributed by atoms with E-state index in [9.17, 15) is 10.1 Å². The Labute approximate surface area is 181 Å². The summed E-state index contributed by atoms with van der Waals surface area (Å²) >= 11 is 1.70. The van der Waals surface area contributed by atoms with E-state index >= 15 is 0 Å². The highest BCUT2D eigenvalue weighted by Crippen LogP contribution is 2.39. The number of fused-ring (bicyclic) bond motifs is 1. The molecule has 0 amide bonds. The number of carbonyl (C=O) groups is 1. The number of nitriles is 1. The van der Waals surface area contributed by atoms with E-state index in [0.717, 1.165) is 58.8 Å². The second-order valence-corrected chi connectivity index (χ2v) is 8.66. The molecule has 3 aromatic rings. The van der Waals surface area contributed by atoms with Gasteiger partial charge in [0, 0.05) is 16.3 Å². The predicted octanol–water partition coefficient (Wildman–Crippen LogP) is 5.89. The van der Waals surface area contributed by atoms with Crippen molar-refractivity contribution in [3.8, 4) is 11.1 Å². The minimum Gasteiger partial charge on any atom is -0.465 e. The standard InChI is InChI=1S/C25H24N2O2S/c1-16-13-19(14-20(15-26)18-9-5-4-6-10-18)17(2)27(16)24-23(25(28)29-3)21-11-7-8-12-22(21)30-24/h4-6,9-10,13-14H,7-8,11-12H2,1-3H3/b20-14+. The summed E-state index contributed by atoms with van der Waals surface area (Å²) in [4.78, 5) is 14.0. The van der Waals surface area contributed by atoms with Crippen LogP contribution in [-0.2, 0) is 17.6 Å². The number of rotatable bonds is 4. The van der Waals surface area contributed by atoms with Gasteiger partial charge >= 0.3 is 5.97 Å². The highest BCUT2D eigenvalue weighted by Gasteiger charge is 2.28. The largest absolute Gasteiger partial charge is 0.465 e. The number of hydrogen-bond acceptors (Lipinski definition) is 4. The van der Waals surface area contributed by atoms with Crippen molar-refractivity contribution < 1.29 is 9.53 Å². The number of hydrogen-bond donors (Lipinski definition) is 0. The Morgan fingerprint density at radius 2 is 1.93 bits per heavy atom. The van der Waals surface area contributed by atoms with Crippen LogP contribution in [-0.4, -0.2) is 17.6 Å². The van der Waals surface area contributed by atoms with E-state index in [4.69, 9.17) is 4.74 Å². The molecule has 1 aliphatic carbocycles. The lowest BCUT2D eigenvalue weighted by molar-refractivity contribution is 0.0600. The first-order valence-corrected chi connectivity index (χ1v) is 11.0. The second kappa shape index (κ2) is 8.33. The van der Waals surface area contributed by atoms with Crippen molar-refractivity contribution in [2.45, 2.75) is 39.5 Å². The molecule has 1 aromatic carbocycles. The van der Waals surface area contributed by atoms with Crippen LogP contribution in [0.2, 0.25) is 0 Å². The zero-order valence-electron chi connectivity index (χ0n) is 17.5. The fourth-order valence-corrected chi connectivity index (χ4v) is 5.71. The molecule has 0 saturated heterocycles. The van der Waals surface area contributed by atoms with Gasteiger partial charge in [0.2, 0.25) is 0 Å². The third-order valence-corrected chi connectivity index (χ3v) is 7.00. The van der Waals surface area contributed by atoms with Crippen molar-refractivity contribution in [1.82, 2.24) is 4.57 Å². The van der Waals surface area contributed by atoms with Crippen molar-refractivity contribution in [2.75, 3.05) is 7.11 Å². The average molecular weight is 417 g/mol. The number of ether oxygens (including phenoxy) is 1. The Hall–Kier alpha value is -3.10. The molecule has 0 aliphatic heterocycles. The molecule has 5 heteroatoms. The quantitative estimate of drug-likeness (QED) is 0.394. The smallest absolute Gasteiger partial charge is 0.341 e. The summed E-state index contributed by atoms with van der Waals surface area (Å²) in [5, 5.41) is 10.6. The van der Waals surface area contributed by atoms with E-state index in [1.54, 1.807) is 11.3 Å². The predicted molar refractivity (Wildman–Crippen MR) is 121 cm³/mol. The van der Waals surface area contributed by atoms with Gasteiger partial charge in [-0.05, 0) is 68.4 Å². The summed E-state index contributed by atoms with van der Waals surface area (Å²) in [5.74, 6) is -0.268. The number of esters is 1. The molecule has 152 valence electrons. The molecule has 1 aliphatic rings. The lowest BCUT2D eigenvalue weighted by atomic mass is 9.95. The van der Waals surface area contributed by atoms with Gasteiger partial charge in [-0.15, -0.1) is 11.3 Å². The van der Waals surface area contributed by atoms with Crippen LogP contribution in [0.25, 0.3) is 16.7 Å². The number of carbonyl (C=O) groups excluding carboxylic acids is 1. The third-order valence-electron chi connectivity index (χ3n) is 5.72. The Morgan fingerprint density at radius 3 is 2.63 bits per heavy atom. The first-order valence-electron chi connectivity index (χ1n) is 10.1. The maximum absolute atomic E-state index is 12.7. The summed E-state index contributed by atoms with van der Waals surface area (Å²) < 4.78 is 7.29. The molecule has 2 heterocycles. The van der Waals surface area contributed by atoms with Crippen LogP contribution >= 0.6 is 11.3 Å². The molecule has 0 atom stereocenters. The van der Waals surface area contributed by atoms with Gasteiger partial charge in [-0.1, -0.05) is 30.3 Å². The second-order valence-electron chi connectivity index (χ2n) is 7.58. The maximum atomic E-state index is 12.7. The van der Waals surface area contributed by atoms with Crippen molar-refractivity contribution >= 4 is 29.0 Å². The number of aromatic nitrogens is 1. The number of methoxy groups -OCH3 is 1. The molecule has 0 radical (unpaired) electrons. The van der Waals surface area contributed by atoms with Gasteiger partial charge < -0.3 is 9.30 Å². The highest BCUT2D eigenvalue weighted by atomic mass is 32.1. The Bertz CT molecular complexity index is 1180. The fourth-order valence-electron chi connectivity index (χ4n) is 4.22. The molecule has 2 aromatic heterocycles. The number of thiophene rings is 1. The van der Waals surface area contributed by atoms with E-state index in [0.29, 0.717) is 11.1 Å². The molecule has 0 bridgehead atoms. The SMILES string of the molecule is COC(=O)c1c(-n2c(C)cc(/C=C(\C#N)c3ccccc3)c2C)sc2c1CCCC2. The topological polar surface area (TPSA) is 55.0 Å². The van der Waals surface area contributed by atoms with Crippen molar-refractivity contribution in [2.24, 2.45) is 0 Å². The highest BCUT2D eigenvalue weighted by molar-refractivity contribution is 7.15. The van der Waals surface area contributed by atoms with Gasteiger partial charge in [0.1, 0.15) is 5.00 Å². The molecule has 0 spiro atoms. The molecule has 30 heavy (non-hydrogen) atoms. The first-order chi connectivity index (χ1) is 14.5. The molecule has 0 saturated carbocycles. The average Bonchev–Trinajstić information content (AvgIpc) is 3.28. The van der Waals surface area contributed by atoms with Crippen LogP contribution in [0, 0.1) is 25.2 Å². The van der Waals surface area contributed by atoms with Gasteiger partial charge in [0.05, 0.1) is 24.3 Å². The fraction of sp³-hybridized carbons (Fsp3) is 0.280. The molecule has 0 N–H and O–H groups in total. The summed E-state index contributed by atoms with van der Waals surface area (Å²) in [5.41, 5.74) is 6.40. The zero-order chi connectivity index (χ0) is 21.3. The lowest BCUT2D eigenvalue weighted by Crippen LogP contribution is -2.11. The van der Waals surface area contributed by atoms with Gasteiger partial charge in [0.25, 0.3) is 0 Å². The lowest BCUT2D eigenvalue weighted by Gasteiger charge is -2.12. The Kier molecular flexibility index (Phi) is 5.61. The summed E-state index contributed by atoms with van der Waals surface area (Å²) in [7, 11) is 1.45. The molecular formula is C25H24N2O2S. The van der Waals surface area contributed by atoms with E-state index < -0.39 is 0 Å². The van der Waals surface area contributed by atoms with Crippen molar-refractivity contribution in [3.63, 3.8) is 0 Å². The minimum absolute atomic E-state index is 0.268. The van der Waals surface area contributed by atoms with E-state index in [1.165, 1.54) is 12.0 Å². The van der Waals surface area contributed by atoms with Crippen molar-refractivity contribution in [1.29, 1.82) is 5.26 Å². The van der Waals surface area contributed by atoms with Crippen LogP contribution in [0.15, 0.2) is 36.4 Å². The zero-order valence-corrected chi connectivity index (χ0v) is 18.3. The summed E-state index contributed by atoms with van der Waals surface area (Å²) in [6.07, 6.45) is 6.14. The molecule has 0 fully saturated rings. The van der Waals surface area contributed by atoms with Crippen molar-refractivity contribution in [3.05, 3.63) is 74.9 Å². The molecular weight excluding hydrogens is 392 g/mol. The van der Waals surface area contributed by atoms with Gasteiger partial charge in [-0.3, -0.25) is 0 Å². The Morgan fingerprint density at radius 1 is 1.20 bits per heavy atom. The molecule has 0 unspecified atom stereocenters. The van der Waals surface area contributed by atoms with Gasteiger partial charge in [-0.25, -0.2) is 4.79 Å². The molecule has 4 rings (SSSR count). The minimum atomic E-state index is -0.268. The first kappa shape index (κ1) is 20.2. The third kappa shape index (κ3) is 3.48. The van der Waals surface area contributed by atoms with Crippen LogP contribution in [0.4, 0.5) is 0 Å². The Balaban J connectivity index is 1.86. The molecule has 4 nitrogen and oxygen atoms in total. The van der Waals surface area contributed by atoms with E-state index in [2.05, 4.69) is 16.7 Å². The van der Waals surface area contributed by atoms with E-state index in [1.807, 2.05) is 50.3 Å². The van der Waals surface area contributed by atoms with Crippen LogP contribution < -0.4 is 0 Å². The summed E-state index contributed by atoms with van der Waals surface area (Å²) in [6, 6.07) is 14.1. The van der Waals surface area contributed by atoms with Crippen LogP contribution in [0.3, 0.4) is 0 Å². The van der Waals surface area contributed by atoms with E-state index in [-0.39, 0.29) is 5.97 Å². The number of allylic oxidation sites excluding steroid dienone is 1. The maximum Gasteiger partial charge on any atom is 0.341 e. The monoisotopic (exact) mass is 416 g/mol. The van der Waals surface area contributed by atoms with Gasteiger partial charge in [-0.2, -0.15) is 5.26 Å². The van der Waals surface area contributed by atoms with Crippen LogP contribution in [0.5, 0.6) is 0 Å². The normalized spacial score (nSPS) is 13.6.